The van der Waals surface area contributed by atoms with Crippen LogP contribution in [0.2, 0.25) is 5.02 Å². The van der Waals surface area contributed by atoms with E-state index in [2.05, 4.69) is 12.1 Å². The topological polar surface area (TPSA) is 39.4 Å². The van der Waals surface area contributed by atoms with Crippen molar-refractivity contribution in [3.05, 3.63) is 63.8 Å². The molecule has 7 rings (SSSR count). The summed E-state index contributed by atoms with van der Waals surface area (Å²) < 4.78 is 18.4. The summed E-state index contributed by atoms with van der Waals surface area (Å²) in [5.41, 5.74) is 5.30. The molecule has 0 aliphatic heterocycles. The largest absolute Gasteiger partial charge is 0.456 e. The highest BCUT2D eigenvalue weighted by atomic mass is 35.5. The Balaban J connectivity index is 1.56. The summed E-state index contributed by atoms with van der Waals surface area (Å²) >= 11 is 12.3. The lowest BCUT2D eigenvalue weighted by Gasteiger charge is -2.05. The summed E-state index contributed by atoms with van der Waals surface area (Å²) in [5.74, 6) is 0.852. The molecular formula is C24H12Cl2O3. The van der Waals surface area contributed by atoms with Crippen molar-refractivity contribution in [1.82, 2.24) is 0 Å². The average Bonchev–Trinajstić information content (AvgIpc) is 3.33. The van der Waals surface area contributed by atoms with Gasteiger partial charge >= 0.3 is 0 Å². The molecule has 6 aromatic rings. The number of halogens is 2. The number of aryl methyl sites for hydroxylation is 1. The molecule has 29 heavy (non-hydrogen) atoms. The van der Waals surface area contributed by atoms with E-state index < -0.39 is 0 Å². The van der Waals surface area contributed by atoms with Gasteiger partial charge in [0.1, 0.15) is 33.7 Å². The first kappa shape index (κ1) is 16.0. The molecule has 0 atom stereocenters. The summed E-state index contributed by atoms with van der Waals surface area (Å²) in [4.78, 5) is 0. The summed E-state index contributed by atoms with van der Waals surface area (Å²) in [7, 11) is 0. The SMILES string of the molecule is ClC1=Cc2oc3cc4c(cc3c2CC1)oc1cc2c(cc14)oc1cc(Cl)ccc12. The van der Waals surface area contributed by atoms with Crippen LogP contribution >= 0.6 is 23.2 Å². The van der Waals surface area contributed by atoms with Crippen LogP contribution in [0.3, 0.4) is 0 Å². The van der Waals surface area contributed by atoms with Gasteiger partial charge in [0.25, 0.3) is 0 Å². The summed E-state index contributed by atoms with van der Waals surface area (Å²) in [6.07, 6.45) is 3.64. The van der Waals surface area contributed by atoms with Crippen LogP contribution in [0.1, 0.15) is 17.7 Å². The Bertz CT molecular complexity index is 1680. The molecule has 3 heterocycles. The predicted octanol–water partition coefficient (Wildman–Crippen LogP) is 8.41. The highest BCUT2D eigenvalue weighted by molar-refractivity contribution is 6.32. The molecule has 0 spiro atoms. The standard InChI is InChI=1S/C24H12Cl2O3/c25-11-1-3-13-15-7-23-17(9-21(15)27-19(13)5-11)18-10-22-16(8-24(18)29-23)14-4-2-12(26)6-20(14)28-22/h1,3,5-10H,2,4H2. The molecule has 3 nitrogen and oxygen atoms in total. The van der Waals surface area contributed by atoms with E-state index >= 15 is 0 Å². The van der Waals surface area contributed by atoms with Crippen LogP contribution in [0.25, 0.3) is 60.9 Å². The maximum Gasteiger partial charge on any atom is 0.136 e. The first-order valence-electron chi connectivity index (χ1n) is 9.43. The number of rotatable bonds is 0. The third kappa shape index (κ3) is 2.14. The van der Waals surface area contributed by atoms with Crippen LogP contribution in [-0.2, 0) is 6.42 Å². The van der Waals surface area contributed by atoms with E-state index in [0.29, 0.717) is 5.02 Å². The summed E-state index contributed by atoms with van der Waals surface area (Å²) in [5, 5.41) is 6.64. The second kappa shape index (κ2) is 5.38. The average molecular weight is 419 g/mol. The van der Waals surface area contributed by atoms with E-state index in [1.165, 1.54) is 5.56 Å². The minimum Gasteiger partial charge on any atom is -0.456 e. The molecule has 140 valence electrons. The molecule has 1 aliphatic rings. The maximum atomic E-state index is 6.24. The van der Waals surface area contributed by atoms with Crippen molar-refractivity contribution < 1.29 is 13.3 Å². The van der Waals surface area contributed by atoms with Crippen molar-refractivity contribution in [1.29, 1.82) is 0 Å². The van der Waals surface area contributed by atoms with Gasteiger partial charge in [0.15, 0.2) is 0 Å². The minimum absolute atomic E-state index is 0.657. The van der Waals surface area contributed by atoms with Gasteiger partial charge in [0.2, 0.25) is 0 Å². The van der Waals surface area contributed by atoms with Gasteiger partial charge in [-0.3, -0.25) is 0 Å². The molecule has 0 radical (unpaired) electrons. The van der Waals surface area contributed by atoms with E-state index in [-0.39, 0.29) is 0 Å². The highest BCUT2D eigenvalue weighted by Gasteiger charge is 2.20. The Morgan fingerprint density at radius 3 is 1.90 bits per heavy atom. The van der Waals surface area contributed by atoms with Gasteiger partial charge < -0.3 is 13.3 Å². The molecule has 0 amide bonds. The second-order valence-corrected chi connectivity index (χ2v) is 8.49. The Labute approximate surface area is 174 Å². The van der Waals surface area contributed by atoms with Gasteiger partial charge in [-0.1, -0.05) is 23.2 Å². The van der Waals surface area contributed by atoms with E-state index in [1.807, 2.05) is 36.4 Å². The molecule has 0 N–H and O–H groups in total. The number of furan rings is 3. The van der Waals surface area contributed by atoms with Crippen molar-refractivity contribution in [2.45, 2.75) is 12.8 Å². The number of hydrogen-bond acceptors (Lipinski definition) is 3. The van der Waals surface area contributed by atoms with Gasteiger partial charge in [0, 0.05) is 48.6 Å². The van der Waals surface area contributed by atoms with Gasteiger partial charge in [-0.05, 0) is 55.3 Å². The monoisotopic (exact) mass is 418 g/mol. The van der Waals surface area contributed by atoms with Crippen molar-refractivity contribution in [3.63, 3.8) is 0 Å². The Morgan fingerprint density at radius 2 is 1.17 bits per heavy atom. The summed E-state index contributed by atoms with van der Waals surface area (Å²) in [6, 6.07) is 13.9. The van der Waals surface area contributed by atoms with E-state index in [9.17, 15) is 0 Å². The zero-order valence-corrected chi connectivity index (χ0v) is 16.5. The molecule has 5 heteroatoms. The van der Waals surface area contributed by atoms with Crippen LogP contribution in [0, 0.1) is 0 Å². The predicted molar refractivity (Wildman–Crippen MR) is 118 cm³/mol. The Morgan fingerprint density at radius 1 is 0.586 bits per heavy atom. The van der Waals surface area contributed by atoms with Gasteiger partial charge in [0.05, 0.1) is 0 Å². The molecule has 3 aromatic carbocycles. The lowest BCUT2D eigenvalue weighted by molar-refractivity contribution is 0.595. The van der Waals surface area contributed by atoms with Crippen molar-refractivity contribution in [2.24, 2.45) is 0 Å². The van der Waals surface area contributed by atoms with Crippen molar-refractivity contribution >= 4 is 84.1 Å². The van der Waals surface area contributed by atoms with E-state index in [4.69, 9.17) is 36.5 Å². The first-order chi connectivity index (χ1) is 14.1. The van der Waals surface area contributed by atoms with E-state index in [0.717, 1.165) is 78.5 Å². The molecule has 0 bridgehead atoms. The second-order valence-electron chi connectivity index (χ2n) is 7.57. The quantitative estimate of drug-likeness (QED) is 0.248. The zero-order chi connectivity index (χ0) is 19.3. The number of benzene rings is 3. The van der Waals surface area contributed by atoms with E-state index in [1.54, 1.807) is 0 Å². The van der Waals surface area contributed by atoms with Crippen molar-refractivity contribution in [2.75, 3.05) is 0 Å². The number of allylic oxidation sites excluding steroid dienone is 1. The Hall–Kier alpha value is -2.88. The minimum atomic E-state index is 0.657. The van der Waals surface area contributed by atoms with Crippen LogP contribution in [0.5, 0.6) is 0 Å². The maximum absolute atomic E-state index is 6.24. The van der Waals surface area contributed by atoms with Gasteiger partial charge in [-0.15, -0.1) is 0 Å². The smallest absolute Gasteiger partial charge is 0.136 e. The van der Waals surface area contributed by atoms with Crippen molar-refractivity contribution in [3.8, 4) is 0 Å². The van der Waals surface area contributed by atoms with Gasteiger partial charge in [-0.2, -0.15) is 0 Å². The molecule has 3 aromatic heterocycles. The molecule has 0 unspecified atom stereocenters. The van der Waals surface area contributed by atoms with Crippen LogP contribution < -0.4 is 0 Å². The summed E-state index contributed by atoms with van der Waals surface area (Å²) in [6.45, 7) is 0. The van der Waals surface area contributed by atoms with Crippen LogP contribution in [0.4, 0.5) is 0 Å². The third-order valence-corrected chi connectivity index (χ3v) is 6.40. The highest BCUT2D eigenvalue weighted by Crippen LogP contribution is 2.41. The third-order valence-electron chi connectivity index (χ3n) is 5.87. The fourth-order valence-electron chi connectivity index (χ4n) is 4.51. The molecule has 1 aliphatic carbocycles. The molecule has 0 saturated heterocycles. The fraction of sp³-hybridized carbons (Fsp3) is 0.0833. The lowest BCUT2D eigenvalue weighted by atomic mass is 10.00. The Kier molecular flexibility index (Phi) is 2.96. The normalized spacial score (nSPS) is 14.5. The molecule has 0 saturated carbocycles. The number of hydrogen-bond donors (Lipinski definition) is 0. The van der Waals surface area contributed by atoms with Gasteiger partial charge in [-0.25, -0.2) is 0 Å². The fourth-order valence-corrected chi connectivity index (χ4v) is 4.87. The van der Waals surface area contributed by atoms with Crippen LogP contribution in [-0.4, -0.2) is 0 Å². The molecular weight excluding hydrogens is 407 g/mol. The lowest BCUT2D eigenvalue weighted by Crippen LogP contribution is -1.92. The first-order valence-corrected chi connectivity index (χ1v) is 10.2. The molecule has 0 fully saturated rings. The number of fused-ring (bicyclic) bond motifs is 9. The zero-order valence-electron chi connectivity index (χ0n) is 15.0. The van der Waals surface area contributed by atoms with Crippen LogP contribution in [0.15, 0.2) is 60.7 Å².